The van der Waals surface area contributed by atoms with Crippen molar-refractivity contribution in [2.45, 2.75) is 107 Å². The van der Waals surface area contributed by atoms with Gasteiger partial charge in [-0.25, -0.2) is 4.57 Å². The second kappa shape index (κ2) is 9.24. The molecule has 1 saturated carbocycles. The van der Waals surface area contributed by atoms with E-state index in [1.165, 1.54) is 55.2 Å². The molecule has 1 heterocycles. The maximum Gasteiger partial charge on any atom is 0.469 e. The summed E-state index contributed by atoms with van der Waals surface area (Å²) < 4.78 is 22.5. The van der Waals surface area contributed by atoms with Crippen molar-refractivity contribution in [2.24, 2.45) is 5.73 Å². The van der Waals surface area contributed by atoms with E-state index in [1.807, 2.05) is 0 Å². The quantitative estimate of drug-likeness (QED) is 0.517. The summed E-state index contributed by atoms with van der Waals surface area (Å²) in [6.07, 6.45) is 13.3. The van der Waals surface area contributed by atoms with Gasteiger partial charge in [-0.05, 0) is 80.4 Å². The van der Waals surface area contributed by atoms with E-state index in [0.29, 0.717) is 24.9 Å². The number of rotatable bonds is 7. The summed E-state index contributed by atoms with van der Waals surface area (Å²) >= 11 is 0. The number of ether oxygens (including phenoxy) is 1. The third-order valence-electron chi connectivity index (χ3n) is 7.68. The van der Waals surface area contributed by atoms with Crippen LogP contribution in [0, 0.1) is 0 Å². The highest BCUT2D eigenvalue weighted by atomic mass is 31.2. The Kier molecular flexibility index (Phi) is 6.98. The van der Waals surface area contributed by atoms with E-state index in [-0.39, 0.29) is 12.2 Å². The molecule has 7 heteroatoms. The first-order valence-corrected chi connectivity index (χ1v) is 13.5. The minimum Gasteiger partial charge on any atom is -0.371 e. The highest BCUT2D eigenvalue weighted by molar-refractivity contribution is 7.46. The third kappa shape index (κ3) is 5.79. The minimum atomic E-state index is -4.49. The monoisotopic (exact) mass is 451 g/mol. The van der Waals surface area contributed by atoms with Crippen LogP contribution in [0.1, 0.15) is 93.7 Å². The molecule has 174 valence electrons. The topological polar surface area (TPSA) is 102 Å². The summed E-state index contributed by atoms with van der Waals surface area (Å²) in [6, 6.07) is 6.86. The molecular formula is C24H38NO5P. The highest BCUT2D eigenvalue weighted by Crippen LogP contribution is 2.45. The molecule has 1 aliphatic heterocycles. The van der Waals surface area contributed by atoms with Crippen molar-refractivity contribution >= 4 is 7.82 Å². The molecule has 4 N–H and O–H groups in total. The minimum absolute atomic E-state index is 0.0326. The van der Waals surface area contributed by atoms with Gasteiger partial charge in [-0.15, -0.1) is 0 Å². The van der Waals surface area contributed by atoms with E-state index >= 15 is 0 Å². The predicted octanol–water partition coefficient (Wildman–Crippen LogP) is 4.75. The van der Waals surface area contributed by atoms with Gasteiger partial charge in [0.05, 0.1) is 18.3 Å². The molecule has 1 aromatic rings. The van der Waals surface area contributed by atoms with Gasteiger partial charge in [0.15, 0.2) is 0 Å². The number of hydrogen-bond acceptors (Lipinski definition) is 4. The van der Waals surface area contributed by atoms with E-state index < -0.39 is 13.4 Å². The van der Waals surface area contributed by atoms with E-state index in [1.54, 1.807) is 0 Å². The summed E-state index contributed by atoms with van der Waals surface area (Å²) in [5.41, 5.74) is 9.90. The zero-order valence-electron chi connectivity index (χ0n) is 18.7. The third-order valence-corrected chi connectivity index (χ3v) is 8.15. The van der Waals surface area contributed by atoms with Crippen LogP contribution in [0.3, 0.4) is 0 Å². The second-order valence-corrected chi connectivity index (χ2v) is 11.5. The number of benzene rings is 1. The Bertz CT molecular complexity index is 826. The Morgan fingerprint density at radius 1 is 1.23 bits per heavy atom. The normalized spacial score (nSPS) is 33.5. The van der Waals surface area contributed by atoms with Crippen molar-refractivity contribution in [3.05, 3.63) is 34.9 Å². The van der Waals surface area contributed by atoms with Gasteiger partial charge in [-0.2, -0.15) is 0 Å². The summed E-state index contributed by atoms with van der Waals surface area (Å²) in [5.74, 6) is 0.316. The van der Waals surface area contributed by atoms with Crippen molar-refractivity contribution in [2.75, 3.05) is 6.61 Å². The number of unbranched alkanes of at least 4 members (excludes halogenated alkanes) is 1. The molecule has 2 fully saturated rings. The Morgan fingerprint density at radius 3 is 2.84 bits per heavy atom. The molecule has 31 heavy (non-hydrogen) atoms. The maximum atomic E-state index is 11.0. The average Bonchev–Trinajstić information content (AvgIpc) is 3.13. The highest BCUT2D eigenvalue weighted by Gasteiger charge is 2.41. The van der Waals surface area contributed by atoms with Crippen LogP contribution < -0.4 is 5.73 Å². The smallest absolute Gasteiger partial charge is 0.371 e. The summed E-state index contributed by atoms with van der Waals surface area (Å²) in [7, 11) is -4.49. The Morgan fingerprint density at radius 2 is 2.06 bits per heavy atom. The van der Waals surface area contributed by atoms with Gasteiger partial charge in [0.25, 0.3) is 0 Å². The lowest BCUT2D eigenvalue weighted by Crippen LogP contribution is -2.45. The summed E-state index contributed by atoms with van der Waals surface area (Å²) in [5, 5.41) is 0. The molecule has 1 spiro atoms. The predicted molar refractivity (Wildman–Crippen MR) is 121 cm³/mol. The van der Waals surface area contributed by atoms with Crippen LogP contribution in [0.15, 0.2) is 18.2 Å². The molecule has 0 amide bonds. The van der Waals surface area contributed by atoms with E-state index in [4.69, 9.17) is 24.8 Å². The molecule has 1 unspecified atom stereocenters. The molecule has 0 bridgehead atoms. The van der Waals surface area contributed by atoms with Gasteiger partial charge in [-0.3, -0.25) is 4.52 Å². The fraction of sp³-hybridized carbons (Fsp3) is 0.750. The van der Waals surface area contributed by atoms with Gasteiger partial charge in [0.2, 0.25) is 0 Å². The Balaban J connectivity index is 1.40. The van der Waals surface area contributed by atoms with Crippen molar-refractivity contribution in [1.29, 1.82) is 0 Å². The van der Waals surface area contributed by atoms with Crippen molar-refractivity contribution < 1.29 is 23.6 Å². The fourth-order valence-corrected chi connectivity index (χ4v) is 6.39. The molecule has 6 nitrogen and oxygen atoms in total. The van der Waals surface area contributed by atoms with Crippen LogP contribution >= 0.6 is 7.82 Å². The zero-order chi connectivity index (χ0) is 22.1. The number of fused-ring (bicyclic) bond motifs is 1. The van der Waals surface area contributed by atoms with Crippen molar-refractivity contribution in [1.82, 2.24) is 0 Å². The lowest BCUT2D eigenvalue weighted by Gasteiger charge is -2.44. The number of hydrogen-bond donors (Lipinski definition) is 3. The molecule has 1 aromatic carbocycles. The van der Waals surface area contributed by atoms with E-state index in [0.717, 1.165) is 25.7 Å². The first kappa shape index (κ1) is 23.4. The van der Waals surface area contributed by atoms with Crippen LogP contribution in [0.5, 0.6) is 0 Å². The molecular weight excluding hydrogens is 413 g/mol. The molecule has 0 aromatic heterocycles. The molecule has 0 radical (unpaired) electrons. The van der Waals surface area contributed by atoms with E-state index in [9.17, 15) is 4.57 Å². The van der Waals surface area contributed by atoms with Crippen LogP contribution in [0.2, 0.25) is 0 Å². The van der Waals surface area contributed by atoms with Gasteiger partial charge in [0, 0.05) is 12.0 Å². The SMILES string of the molecule is CCCC[C@@H]1CCCC2(CCc3cc([C@H]4CC[C@](N)(COP(=O)(O)O)C4)ccc3C2)O1. The first-order chi connectivity index (χ1) is 14.7. The largest absolute Gasteiger partial charge is 0.469 e. The summed E-state index contributed by atoms with van der Waals surface area (Å²) in [4.78, 5) is 18.0. The maximum absolute atomic E-state index is 11.0. The number of phosphoric ester groups is 1. The van der Waals surface area contributed by atoms with Gasteiger partial charge in [0.1, 0.15) is 0 Å². The van der Waals surface area contributed by atoms with Crippen molar-refractivity contribution in [3.63, 3.8) is 0 Å². The standard InChI is InChI=1S/C24H38NO5P/c1-2-3-5-22-6-4-11-24(30-22)13-10-19-14-18(7-8-20(19)16-24)21-9-12-23(25,15-21)17-29-31(26,27)28/h7-8,14,21-22H,2-6,9-13,15-17,25H2,1H3,(H2,26,27,28)/t21-,22+,23+,24?/m0/s1. The van der Waals surface area contributed by atoms with E-state index in [2.05, 4.69) is 25.1 Å². The zero-order valence-corrected chi connectivity index (χ0v) is 19.6. The molecule has 3 aliphatic rings. The van der Waals surface area contributed by atoms with Gasteiger partial charge < -0.3 is 20.3 Å². The number of aryl methyl sites for hydroxylation is 1. The van der Waals surface area contributed by atoms with Crippen molar-refractivity contribution in [3.8, 4) is 0 Å². The average molecular weight is 452 g/mol. The number of phosphoric acid groups is 1. The van der Waals surface area contributed by atoms with Crippen LogP contribution in [-0.4, -0.2) is 33.6 Å². The first-order valence-electron chi connectivity index (χ1n) is 12.0. The second-order valence-electron chi connectivity index (χ2n) is 10.2. The molecule has 1 saturated heterocycles. The Labute approximate surface area is 186 Å². The lowest BCUT2D eigenvalue weighted by molar-refractivity contribution is -0.137. The molecule has 2 aliphatic carbocycles. The number of nitrogens with two attached hydrogens (primary N) is 1. The van der Waals surface area contributed by atoms with Crippen LogP contribution in [0.25, 0.3) is 0 Å². The van der Waals surface area contributed by atoms with Crippen LogP contribution in [0.4, 0.5) is 0 Å². The Hall–Kier alpha value is -0.750. The lowest BCUT2D eigenvalue weighted by atomic mass is 9.75. The molecule has 4 atom stereocenters. The fourth-order valence-electron chi connectivity index (χ4n) is 5.96. The van der Waals surface area contributed by atoms with Gasteiger partial charge in [-0.1, -0.05) is 38.0 Å². The summed E-state index contributed by atoms with van der Waals surface area (Å²) in [6.45, 7) is 2.15. The molecule has 4 rings (SSSR count). The van der Waals surface area contributed by atoms with Gasteiger partial charge >= 0.3 is 7.82 Å². The van der Waals surface area contributed by atoms with Crippen LogP contribution in [-0.2, 0) is 26.7 Å².